The second-order valence-electron chi connectivity index (χ2n) is 8.65. The fourth-order valence-corrected chi connectivity index (χ4v) is 6.69. The van der Waals surface area contributed by atoms with Crippen LogP contribution in [0, 0.1) is 5.92 Å². The summed E-state index contributed by atoms with van der Waals surface area (Å²) in [5.74, 6) is 0.831. The van der Waals surface area contributed by atoms with Crippen molar-refractivity contribution in [3.63, 3.8) is 0 Å². The maximum absolute atomic E-state index is 12.0. The number of likely N-dealkylation sites (tertiary alicyclic amines) is 1. The first kappa shape index (κ1) is 15.7. The molecule has 1 aromatic rings. The Bertz CT molecular complexity index is 778. The number of benzene rings is 1. The molecular weight excluding hydrogens is 334 g/mol. The Hall–Kier alpha value is -1.34. The van der Waals surface area contributed by atoms with Gasteiger partial charge in [-0.3, -0.25) is 0 Å². The molecule has 0 amide bonds. The molecule has 26 heavy (non-hydrogen) atoms. The summed E-state index contributed by atoms with van der Waals surface area (Å²) < 4.78 is 18.1. The molecule has 6 rings (SSSR count). The molecule has 2 aliphatic carbocycles. The molecule has 2 N–H and O–H groups in total. The molecule has 5 aliphatic rings. The molecule has 2 saturated heterocycles. The molecule has 140 valence electrons. The predicted octanol–water partition coefficient (Wildman–Crippen LogP) is 1.17. The number of hydrogen-bond acceptors (Lipinski definition) is 6. The lowest BCUT2D eigenvalue weighted by Crippen LogP contribution is -2.76. The highest BCUT2D eigenvalue weighted by Crippen LogP contribution is 2.66. The molecule has 5 atom stereocenters. The van der Waals surface area contributed by atoms with E-state index < -0.39 is 11.0 Å². The molecular formula is C20H25NO5. The number of piperidine rings is 1. The fourth-order valence-electron chi connectivity index (χ4n) is 6.69. The molecule has 3 heterocycles. The van der Waals surface area contributed by atoms with Gasteiger partial charge >= 0.3 is 0 Å². The SMILES string of the molecule is CN1CC[C@]23c4c5ccc(O)c4O[C@H]2C(C2OCCO2)CCC3(O)C1C5. The van der Waals surface area contributed by atoms with Crippen molar-refractivity contribution < 1.29 is 24.4 Å². The third kappa shape index (κ3) is 1.59. The summed E-state index contributed by atoms with van der Waals surface area (Å²) in [5, 5.41) is 22.6. The summed E-state index contributed by atoms with van der Waals surface area (Å²) >= 11 is 0. The first-order valence-electron chi connectivity index (χ1n) is 9.74. The van der Waals surface area contributed by atoms with Gasteiger partial charge in [-0.25, -0.2) is 0 Å². The first-order valence-corrected chi connectivity index (χ1v) is 9.74. The largest absolute Gasteiger partial charge is 0.504 e. The Morgan fingerprint density at radius 3 is 2.81 bits per heavy atom. The van der Waals surface area contributed by atoms with Crippen molar-refractivity contribution in [1.29, 1.82) is 0 Å². The summed E-state index contributed by atoms with van der Waals surface area (Å²) in [6.45, 7) is 2.14. The van der Waals surface area contributed by atoms with E-state index in [4.69, 9.17) is 14.2 Å². The van der Waals surface area contributed by atoms with Crippen molar-refractivity contribution in [3.8, 4) is 11.5 Å². The van der Waals surface area contributed by atoms with Gasteiger partial charge in [0.2, 0.25) is 0 Å². The van der Waals surface area contributed by atoms with Crippen LogP contribution in [0.4, 0.5) is 0 Å². The summed E-state index contributed by atoms with van der Waals surface area (Å²) in [4.78, 5) is 2.30. The van der Waals surface area contributed by atoms with Crippen LogP contribution in [-0.4, -0.2) is 66.0 Å². The van der Waals surface area contributed by atoms with Gasteiger partial charge in [-0.2, -0.15) is 0 Å². The highest BCUT2D eigenvalue weighted by Gasteiger charge is 2.73. The second-order valence-corrected chi connectivity index (χ2v) is 8.65. The van der Waals surface area contributed by atoms with Crippen LogP contribution in [-0.2, 0) is 21.3 Å². The molecule has 0 radical (unpaired) electrons. The van der Waals surface area contributed by atoms with Crippen LogP contribution in [0.3, 0.4) is 0 Å². The number of phenolic OH excluding ortho intramolecular Hbond substituents is 1. The van der Waals surface area contributed by atoms with Gasteiger partial charge in [0.05, 0.1) is 24.2 Å². The van der Waals surface area contributed by atoms with E-state index in [1.165, 1.54) is 5.56 Å². The zero-order chi connectivity index (χ0) is 17.7. The topological polar surface area (TPSA) is 71.4 Å². The van der Waals surface area contributed by atoms with Gasteiger partial charge in [-0.05, 0) is 50.9 Å². The van der Waals surface area contributed by atoms with E-state index in [9.17, 15) is 10.2 Å². The highest BCUT2D eigenvalue weighted by molar-refractivity contribution is 5.62. The molecule has 2 bridgehead atoms. The van der Waals surface area contributed by atoms with Crippen LogP contribution in [0.1, 0.15) is 30.4 Å². The van der Waals surface area contributed by atoms with Crippen LogP contribution < -0.4 is 4.74 Å². The van der Waals surface area contributed by atoms with Gasteiger partial charge in [0.15, 0.2) is 17.8 Å². The summed E-state index contributed by atoms with van der Waals surface area (Å²) in [6.07, 6.45) is 2.65. The van der Waals surface area contributed by atoms with E-state index in [-0.39, 0.29) is 30.1 Å². The Kier molecular flexibility index (Phi) is 2.97. The summed E-state index contributed by atoms with van der Waals surface area (Å²) in [5.41, 5.74) is 0.933. The van der Waals surface area contributed by atoms with Crippen molar-refractivity contribution in [2.75, 3.05) is 26.8 Å². The quantitative estimate of drug-likeness (QED) is 0.784. The lowest BCUT2D eigenvalue weighted by Gasteiger charge is -2.64. The van der Waals surface area contributed by atoms with Crippen molar-refractivity contribution in [2.45, 2.75) is 55.1 Å². The van der Waals surface area contributed by atoms with E-state index in [1.54, 1.807) is 6.07 Å². The van der Waals surface area contributed by atoms with Crippen molar-refractivity contribution in [1.82, 2.24) is 4.90 Å². The minimum absolute atomic E-state index is 0.0691. The van der Waals surface area contributed by atoms with Crippen molar-refractivity contribution in [2.24, 2.45) is 5.92 Å². The highest BCUT2D eigenvalue weighted by atomic mass is 16.7. The minimum atomic E-state index is -0.841. The molecule has 0 aromatic heterocycles. The number of hydrogen-bond donors (Lipinski definition) is 2. The Balaban J connectivity index is 1.58. The number of ether oxygens (including phenoxy) is 3. The molecule has 3 unspecified atom stereocenters. The van der Waals surface area contributed by atoms with E-state index in [2.05, 4.69) is 11.9 Å². The average Bonchev–Trinajstić information content (AvgIpc) is 3.26. The molecule has 1 saturated carbocycles. The number of aromatic hydroxyl groups is 1. The van der Waals surface area contributed by atoms with E-state index >= 15 is 0 Å². The number of rotatable bonds is 1. The van der Waals surface area contributed by atoms with Crippen LogP contribution >= 0.6 is 0 Å². The fraction of sp³-hybridized carbons (Fsp3) is 0.700. The van der Waals surface area contributed by atoms with Gasteiger partial charge in [-0.1, -0.05) is 6.07 Å². The maximum atomic E-state index is 12.0. The normalized spacial score (nSPS) is 44.0. The molecule has 6 heteroatoms. The van der Waals surface area contributed by atoms with Crippen LogP contribution in [0.5, 0.6) is 11.5 Å². The monoisotopic (exact) mass is 359 g/mol. The van der Waals surface area contributed by atoms with Crippen molar-refractivity contribution in [3.05, 3.63) is 23.3 Å². The van der Waals surface area contributed by atoms with Crippen LogP contribution in [0.2, 0.25) is 0 Å². The summed E-state index contributed by atoms with van der Waals surface area (Å²) in [6, 6.07) is 3.83. The van der Waals surface area contributed by atoms with Gasteiger partial charge in [-0.15, -0.1) is 0 Å². The molecule has 1 spiro atoms. The zero-order valence-corrected chi connectivity index (χ0v) is 15.0. The second kappa shape index (κ2) is 4.93. The van der Waals surface area contributed by atoms with Gasteiger partial charge in [0, 0.05) is 17.5 Å². The van der Waals surface area contributed by atoms with Gasteiger partial charge in [0.25, 0.3) is 0 Å². The molecule has 1 aromatic carbocycles. The van der Waals surface area contributed by atoms with E-state index in [0.717, 1.165) is 31.4 Å². The third-order valence-corrected chi connectivity index (χ3v) is 7.77. The number of aliphatic hydroxyl groups is 1. The number of likely N-dealkylation sites (N-methyl/N-ethyl adjacent to an activating group) is 1. The standard InChI is InChI=1S/C20H25NO5/c1-21-7-6-19-15-11-2-3-13(22)16(15)26-17(19)12(18-24-8-9-25-18)4-5-20(19,23)14(21)10-11/h2-3,12,14,17-18,22-23H,4-10H2,1H3/t12?,14?,17-,19-,20?/m0/s1. The average molecular weight is 359 g/mol. The Morgan fingerprint density at radius 1 is 1.19 bits per heavy atom. The van der Waals surface area contributed by atoms with Crippen molar-refractivity contribution >= 4 is 0 Å². The number of phenols is 1. The third-order valence-electron chi connectivity index (χ3n) is 7.77. The van der Waals surface area contributed by atoms with Crippen LogP contribution in [0.25, 0.3) is 0 Å². The smallest absolute Gasteiger partial charge is 0.165 e. The van der Waals surface area contributed by atoms with E-state index in [1.807, 2.05) is 6.07 Å². The Labute approximate surface area is 152 Å². The zero-order valence-electron chi connectivity index (χ0n) is 15.0. The Morgan fingerprint density at radius 2 is 2.00 bits per heavy atom. The minimum Gasteiger partial charge on any atom is -0.504 e. The lowest BCUT2D eigenvalue weighted by molar-refractivity contribution is -0.221. The predicted molar refractivity (Wildman–Crippen MR) is 92.3 cm³/mol. The lowest BCUT2D eigenvalue weighted by atomic mass is 9.47. The molecule has 6 nitrogen and oxygen atoms in total. The molecule has 3 aliphatic heterocycles. The van der Waals surface area contributed by atoms with Gasteiger partial charge in [0.1, 0.15) is 6.10 Å². The number of nitrogens with zero attached hydrogens (tertiary/aromatic N) is 1. The van der Waals surface area contributed by atoms with Gasteiger partial charge < -0.3 is 29.3 Å². The van der Waals surface area contributed by atoms with E-state index in [0.29, 0.717) is 25.4 Å². The first-order chi connectivity index (χ1) is 12.6. The van der Waals surface area contributed by atoms with Crippen LogP contribution in [0.15, 0.2) is 12.1 Å². The summed E-state index contributed by atoms with van der Waals surface area (Å²) in [7, 11) is 2.11. The maximum Gasteiger partial charge on any atom is 0.165 e. The molecule has 3 fully saturated rings.